The van der Waals surface area contributed by atoms with Crippen molar-refractivity contribution in [2.45, 2.75) is 26.2 Å². The van der Waals surface area contributed by atoms with Gasteiger partial charge in [-0.05, 0) is 26.0 Å². The highest BCUT2D eigenvalue weighted by atomic mass is 35.5. The summed E-state index contributed by atoms with van der Waals surface area (Å²) in [5, 5.41) is 20.1. The minimum Gasteiger partial charge on any atom is -0.491 e. The highest BCUT2D eigenvalue weighted by Crippen LogP contribution is 2.28. The van der Waals surface area contributed by atoms with Crippen molar-refractivity contribution in [3.63, 3.8) is 0 Å². The zero-order valence-corrected chi connectivity index (χ0v) is 19.1. The predicted octanol–water partition coefficient (Wildman–Crippen LogP) is 2.02. The molecule has 33 heavy (non-hydrogen) atoms. The lowest BCUT2D eigenvalue weighted by molar-refractivity contribution is -0.121. The third-order valence-corrected chi connectivity index (χ3v) is 5.73. The standard InChI is InChI=1S/C22H25ClFN5O4/c1-12-20(23)13(2)28-21(27-12)16-10-29(11-17(16)25)22(32)15-4-3-14(24)9-18(15)33-8-6-26-19(31)5-7-30/h3-4,9,16,25,30H,5-8,10-11H2,1-2H3,(H,26,31). The van der Waals surface area contributed by atoms with Gasteiger partial charge in [0.05, 0.1) is 47.6 Å². The van der Waals surface area contributed by atoms with Crippen LogP contribution in [0, 0.1) is 25.1 Å². The van der Waals surface area contributed by atoms with E-state index in [1.54, 1.807) is 13.8 Å². The summed E-state index contributed by atoms with van der Waals surface area (Å²) in [5.74, 6) is -1.31. The van der Waals surface area contributed by atoms with Crippen LogP contribution in [0.2, 0.25) is 5.02 Å². The van der Waals surface area contributed by atoms with Crippen LogP contribution in [0.25, 0.3) is 0 Å². The summed E-state index contributed by atoms with van der Waals surface area (Å²) in [5.41, 5.74) is 1.66. The second kappa shape index (κ2) is 10.7. The summed E-state index contributed by atoms with van der Waals surface area (Å²) in [7, 11) is 0. The van der Waals surface area contributed by atoms with E-state index in [1.807, 2.05) is 0 Å². The normalized spacial score (nSPS) is 15.6. The van der Waals surface area contributed by atoms with Crippen molar-refractivity contribution in [1.29, 1.82) is 5.41 Å². The average molecular weight is 478 g/mol. The maximum Gasteiger partial charge on any atom is 0.257 e. The summed E-state index contributed by atoms with van der Waals surface area (Å²) in [6.45, 7) is 3.68. The first kappa shape index (κ1) is 24.5. The van der Waals surface area contributed by atoms with Crippen molar-refractivity contribution in [2.24, 2.45) is 0 Å². The van der Waals surface area contributed by atoms with Gasteiger partial charge in [0.15, 0.2) is 0 Å². The van der Waals surface area contributed by atoms with Gasteiger partial charge in [-0.2, -0.15) is 0 Å². The van der Waals surface area contributed by atoms with E-state index in [0.29, 0.717) is 27.9 Å². The Morgan fingerprint density at radius 3 is 2.70 bits per heavy atom. The molecule has 1 atom stereocenters. The number of benzene rings is 1. The van der Waals surface area contributed by atoms with E-state index >= 15 is 0 Å². The number of aliphatic hydroxyl groups excluding tert-OH is 1. The highest BCUT2D eigenvalue weighted by Gasteiger charge is 2.35. The highest BCUT2D eigenvalue weighted by molar-refractivity contribution is 6.31. The average Bonchev–Trinajstić information content (AvgIpc) is 3.16. The van der Waals surface area contributed by atoms with Gasteiger partial charge in [0.1, 0.15) is 24.0 Å². The fraction of sp³-hybridized carbons (Fsp3) is 0.409. The van der Waals surface area contributed by atoms with Crippen LogP contribution in [0.15, 0.2) is 18.2 Å². The van der Waals surface area contributed by atoms with Crippen molar-refractivity contribution in [3.05, 3.63) is 51.8 Å². The Morgan fingerprint density at radius 1 is 1.33 bits per heavy atom. The number of ether oxygens (including phenoxy) is 1. The van der Waals surface area contributed by atoms with Gasteiger partial charge in [0.25, 0.3) is 5.91 Å². The summed E-state index contributed by atoms with van der Waals surface area (Å²) < 4.78 is 19.4. The Labute approximate surface area is 195 Å². The topological polar surface area (TPSA) is 128 Å². The molecule has 0 spiro atoms. The van der Waals surface area contributed by atoms with Crippen LogP contribution in [-0.4, -0.2) is 70.3 Å². The second-order valence-corrected chi connectivity index (χ2v) is 8.02. The monoisotopic (exact) mass is 477 g/mol. The van der Waals surface area contributed by atoms with Gasteiger partial charge < -0.3 is 25.5 Å². The van der Waals surface area contributed by atoms with E-state index in [1.165, 1.54) is 11.0 Å². The number of nitrogens with one attached hydrogen (secondary N) is 2. The van der Waals surface area contributed by atoms with Gasteiger partial charge in [0, 0.05) is 24.7 Å². The van der Waals surface area contributed by atoms with Crippen molar-refractivity contribution < 1.29 is 23.8 Å². The van der Waals surface area contributed by atoms with E-state index in [0.717, 1.165) is 12.1 Å². The molecule has 1 aromatic carbocycles. The molecule has 3 rings (SSSR count). The molecular weight excluding hydrogens is 453 g/mol. The molecule has 0 saturated carbocycles. The number of rotatable bonds is 8. The van der Waals surface area contributed by atoms with Crippen molar-refractivity contribution in [1.82, 2.24) is 20.2 Å². The molecule has 0 aliphatic carbocycles. The first-order valence-electron chi connectivity index (χ1n) is 10.4. The molecule has 1 aromatic heterocycles. The van der Waals surface area contributed by atoms with Crippen LogP contribution in [0.5, 0.6) is 5.75 Å². The Kier molecular flexibility index (Phi) is 7.93. The molecule has 176 valence electrons. The number of hydrogen-bond acceptors (Lipinski definition) is 7. The fourth-order valence-corrected chi connectivity index (χ4v) is 3.58. The minimum atomic E-state index is -0.571. The van der Waals surface area contributed by atoms with Gasteiger partial charge in [0.2, 0.25) is 5.91 Å². The van der Waals surface area contributed by atoms with Crippen LogP contribution in [0.3, 0.4) is 0 Å². The summed E-state index contributed by atoms with van der Waals surface area (Å²) >= 11 is 6.15. The molecule has 1 saturated heterocycles. The molecule has 1 fully saturated rings. The molecular formula is C22H25ClFN5O4. The fourth-order valence-electron chi connectivity index (χ4n) is 3.49. The minimum absolute atomic E-state index is 0.0104. The van der Waals surface area contributed by atoms with Gasteiger partial charge >= 0.3 is 0 Å². The number of nitrogens with zero attached hydrogens (tertiary/aromatic N) is 3. The molecule has 0 radical (unpaired) electrons. The van der Waals surface area contributed by atoms with E-state index in [2.05, 4.69) is 15.3 Å². The number of carbonyl (C=O) groups is 2. The third kappa shape index (κ3) is 5.82. The maximum absolute atomic E-state index is 13.8. The van der Waals surface area contributed by atoms with Crippen LogP contribution in [0.4, 0.5) is 4.39 Å². The quantitative estimate of drug-likeness (QED) is 0.499. The van der Waals surface area contributed by atoms with Crippen LogP contribution in [-0.2, 0) is 4.79 Å². The van der Waals surface area contributed by atoms with Crippen LogP contribution < -0.4 is 10.1 Å². The molecule has 1 aliphatic heterocycles. The van der Waals surface area contributed by atoms with Gasteiger partial charge in [-0.15, -0.1) is 0 Å². The van der Waals surface area contributed by atoms with E-state index in [4.69, 9.17) is 26.9 Å². The third-order valence-electron chi connectivity index (χ3n) is 5.18. The van der Waals surface area contributed by atoms with Gasteiger partial charge in [-0.1, -0.05) is 11.6 Å². The number of amides is 2. The van der Waals surface area contributed by atoms with Gasteiger partial charge in [-0.3, -0.25) is 9.59 Å². The molecule has 1 unspecified atom stereocenters. The lowest BCUT2D eigenvalue weighted by Gasteiger charge is -2.18. The van der Waals surface area contributed by atoms with E-state index < -0.39 is 17.6 Å². The zero-order valence-electron chi connectivity index (χ0n) is 18.3. The van der Waals surface area contributed by atoms with E-state index in [-0.39, 0.29) is 56.5 Å². The first-order chi connectivity index (χ1) is 15.7. The summed E-state index contributed by atoms with van der Waals surface area (Å²) in [6, 6.07) is 3.61. The van der Waals surface area contributed by atoms with Crippen molar-refractivity contribution in [3.8, 4) is 5.75 Å². The molecule has 11 heteroatoms. The number of halogens is 2. The van der Waals surface area contributed by atoms with Gasteiger partial charge in [-0.25, -0.2) is 14.4 Å². The number of aryl methyl sites for hydroxylation is 2. The Balaban J connectivity index is 1.72. The molecule has 2 aromatic rings. The largest absolute Gasteiger partial charge is 0.491 e. The Morgan fingerprint density at radius 2 is 2.03 bits per heavy atom. The van der Waals surface area contributed by atoms with E-state index in [9.17, 15) is 14.0 Å². The Hall–Kier alpha value is -3.11. The smallest absolute Gasteiger partial charge is 0.257 e. The molecule has 0 bridgehead atoms. The lowest BCUT2D eigenvalue weighted by atomic mass is 10.1. The maximum atomic E-state index is 13.8. The lowest BCUT2D eigenvalue weighted by Crippen LogP contribution is -2.30. The van der Waals surface area contributed by atoms with Crippen LogP contribution >= 0.6 is 11.6 Å². The number of aromatic nitrogens is 2. The zero-order chi connectivity index (χ0) is 24.1. The molecule has 9 nitrogen and oxygen atoms in total. The number of carbonyl (C=O) groups excluding carboxylic acids is 2. The SMILES string of the molecule is Cc1nc(C2CN(C(=O)c3ccc(F)cc3OCCNC(=O)CCO)CC2=N)nc(C)c1Cl. The Bertz CT molecular complexity index is 1060. The first-order valence-corrected chi connectivity index (χ1v) is 10.8. The number of hydrogen-bond donors (Lipinski definition) is 3. The molecule has 3 N–H and O–H groups in total. The summed E-state index contributed by atoms with van der Waals surface area (Å²) in [6.07, 6.45) is -0.0256. The second-order valence-electron chi connectivity index (χ2n) is 7.64. The van der Waals surface area contributed by atoms with Crippen LogP contribution in [0.1, 0.15) is 39.9 Å². The number of aliphatic hydroxyl groups is 1. The predicted molar refractivity (Wildman–Crippen MR) is 119 cm³/mol. The van der Waals surface area contributed by atoms with Crippen molar-refractivity contribution in [2.75, 3.05) is 32.8 Å². The van der Waals surface area contributed by atoms with Crippen molar-refractivity contribution >= 4 is 29.1 Å². The number of likely N-dealkylation sites (tertiary alicyclic amines) is 1. The summed E-state index contributed by atoms with van der Waals surface area (Å²) in [4.78, 5) is 34.9. The molecule has 2 heterocycles. The molecule has 1 aliphatic rings. The molecule has 2 amide bonds.